The van der Waals surface area contributed by atoms with Crippen molar-refractivity contribution in [3.8, 4) is 6.07 Å². The molecule has 0 bridgehead atoms. The second-order valence-corrected chi connectivity index (χ2v) is 7.99. The van der Waals surface area contributed by atoms with Gasteiger partial charge in [-0.2, -0.15) is 5.26 Å². The number of likely N-dealkylation sites (tertiary alicyclic amines) is 1. The molecule has 0 spiro atoms. The largest absolute Gasteiger partial charge is 0.372 e. The maximum absolute atomic E-state index is 9.18. The summed E-state index contributed by atoms with van der Waals surface area (Å²) in [7, 11) is 0. The first-order valence-electron chi connectivity index (χ1n) is 9.56. The minimum absolute atomic E-state index is 0.241. The van der Waals surface area contributed by atoms with Crippen molar-refractivity contribution >= 4 is 5.69 Å². The SMILES string of the molecule is CC(C)C1(CC#N)CCN(Cc2ccc(N3CCCC3)cc2)CC1. The van der Waals surface area contributed by atoms with E-state index in [9.17, 15) is 5.26 Å². The highest BCUT2D eigenvalue weighted by molar-refractivity contribution is 5.48. The molecule has 24 heavy (non-hydrogen) atoms. The third-order valence-electron chi connectivity index (χ3n) is 6.32. The Bertz CT molecular complexity index is 556. The zero-order valence-corrected chi connectivity index (χ0v) is 15.3. The van der Waals surface area contributed by atoms with Gasteiger partial charge in [0.1, 0.15) is 0 Å². The number of hydrogen-bond acceptors (Lipinski definition) is 3. The van der Waals surface area contributed by atoms with Crippen LogP contribution in [0.1, 0.15) is 51.5 Å². The minimum Gasteiger partial charge on any atom is -0.372 e. The lowest BCUT2D eigenvalue weighted by molar-refractivity contribution is 0.0617. The predicted molar refractivity (Wildman–Crippen MR) is 99.9 cm³/mol. The predicted octanol–water partition coefficient (Wildman–Crippen LogP) is 4.44. The molecule has 3 nitrogen and oxygen atoms in total. The van der Waals surface area contributed by atoms with Crippen LogP contribution in [0.5, 0.6) is 0 Å². The first kappa shape index (κ1) is 17.3. The number of nitriles is 1. The van der Waals surface area contributed by atoms with Crippen molar-refractivity contribution in [2.75, 3.05) is 31.1 Å². The van der Waals surface area contributed by atoms with Gasteiger partial charge in [0.2, 0.25) is 0 Å². The lowest BCUT2D eigenvalue weighted by Gasteiger charge is -2.43. The Morgan fingerprint density at radius 2 is 1.67 bits per heavy atom. The lowest BCUT2D eigenvalue weighted by atomic mass is 9.68. The van der Waals surface area contributed by atoms with E-state index in [1.54, 1.807) is 0 Å². The number of rotatable bonds is 5. The van der Waals surface area contributed by atoms with Crippen molar-refractivity contribution in [2.24, 2.45) is 11.3 Å². The van der Waals surface area contributed by atoms with Gasteiger partial charge in [-0.3, -0.25) is 4.90 Å². The fourth-order valence-corrected chi connectivity index (χ4v) is 4.32. The van der Waals surface area contributed by atoms with Gasteiger partial charge in [-0.25, -0.2) is 0 Å². The highest BCUT2D eigenvalue weighted by Gasteiger charge is 2.37. The monoisotopic (exact) mass is 325 g/mol. The third-order valence-corrected chi connectivity index (χ3v) is 6.32. The standard InChI is InChI=1S/C21H31N3/c1-18(2)21(9-12-22)10-15-23(16-11-21)17-19-5-7-20(8-6-19)24-13-3-4-14-24/h5-8,18H,3-4,9-11,13-17H2,1-2H3. The molecule has 0 saturated carbocycles. The van der Waals surface area contributed by atoms with Crippen molar-refractivity contribution in [1.29, 1.82) is 5.26 Å². The number of piperidine rings is 1. The van der Waals surface area contributed by atoms with Gasteiger partial charge < -0.3 is 4.90 Å². The molecule has 2 fully saturated rings. The summed E-state index contributed by atoms with van der Waals surface area (Å²) in [5.74, 6) is 0.596. The van der Waals surface area contributed by atoms with E-state index in [0.29, 0.717) is 12.3 Å². The summed E-state index contributed by atoms with van der Waals surface area (Å²) < 4.78 is 0. The van der Waals surface area contributed by atoms with Crippen molar-refractivity contribution in [3.63, 3.8) is 0 Å². The van der Waals surface area contributed by atoms with Gasteiger partial charge in [0.05, 0.1) is 6.07 Å². The van der Waals surface area contributed by atoms with Crippen molar-refractivity contribution < 1.29 is 0 Å². The first-order chi connectivity index (χ1) is 11.6. The minimum atomic E-state index is 0.241. The fourth-order valence-electron chi connectivity index (χ4n) is 4.32. The van der Waals surface area contributed by atoms with E-state index in [1.807, 2.05) is 0 Å². The van der Waals surface area contributed by atoms with Crippen LogP contribution in [0.2, 0.25) is 0 Å². The summed E-state index contributed by atoms with van der Waals surface area (Å²) >= 11 is 0. The van der Waals surface area contributed by atoms with Crippen LogP contribution in [-0.2, 0) is 6.54 Å². The van der Waals surface area contributed by atoms with Crippen LogP contribution >= 0.6 is 0 Å². The second kappa shape index (κ2) is 7.57. The van der Waals surface area contributed by atoms with Gasteiger partial charge in [0.15, 0.2) is 0 Å². The molecule has 1 aromatic rings. The average Bonchev–Trinajstić information content (AvgIpc) is 3.12. The molecule has 0 unspecified atom stereocenters. The van der Waals surface area contributed by atoms with Gasteiger partial charge in [-0.15, -0.1) is 0 Å². The van der Waals surface area contributed by atoms with Gasteiger partial charge in [0, 0.05) is 31.7 Å². The van der Waals surface area contributed by atoms with Gasteiger partial charge >= 0.3 is 0 Å². The lowest BCUT2D eigenvalue weighted by Crippen LogP contribution is -2.42. The van der Waals surface area contributed by atoms with Crippen molar-refractivity contribution in [2.45, 2.75) is 52.5 Å². The highest BCUT2D eigenvalue weighted by Crippen LogP contribution is 2.41. The molecule has 0 N–H and O–H groups in total. The molecule has 1 aromatic carbocycles. The van der Waals surface area contributed by atoms with Gasteiger partial charge in [-0.1, -0.05) is 26.0 Å². The molecule has 3 rings (SSSR count). The average molecular weight is 326 g/mol. The Morgan fingerprint density at radius 1 is 1.04 bits per heavy atom. The Morgan fingerprint density at radius 3 is 2.21 bits per heavy atom. The van der Waals surface area contributed by atoms with Crippen LogP contribution in [-0.4, -0.2) is 31.1 Å². The number of benzene rings is 1. The topological polar surface area (TPSA) is 30.3 Å². The molecule has 0 aromatic heterocycles. The van der Waals surface area contributed by atoms with Crippen LogP contribution < -0.4 is 4.90 Å². The van der Waals surface area contributed by atoms with E-state index < -0.39 is 0 Å². The summed E-state index contributed by atoms with van der Waals surface area (Å²) in [5, 5.41) is 9.18. The normalized spacial score (nSPS) is 21.2. The first-order valence-corrected chi connectivity index (χ1v) is 9.56. The molecule has 0 radical (unpaired) electrons. The Kier molecular flexibility index (Phi) is 5.46. The van der Waals surface area contributed by atoms with E-state index in [0.717, 1.165) is 32.5 Å². The van der Waals surface area contributed by atoms with Crippen LogP contribution in [0.15, 0.2) is 24.3 Å². The molecule has 130 valence electrons. The number of anilines is 1. The smallest absolute Gasteiger partial charge is 0.0627 e. The zero-order valence-electron chi connectivity index (χ0n) is 15.3. The summed E-state index contributed by atoms with van der Waals surface area (Å²) in [6.45, 7) is 10.3. The highest BCUT2D eigenvalue weighted by atomic mass is 15.1. The molecule has 2 saturated heterocycles. The van der Waals surface area contributed by atoms with Crippen molar-refractivity contribution in [1.82, 2.24) is 4.90 Å². The molecule has 2 aliphatic heterocycles. The molecular formula is C21H31N3. The molecule has 2 aliphatic rings. The van der Waals surface area contributed by atoms with Crippen molar-refractivity contribution in [3.05, 3.63) is 29.8 Å². The summed E-state index contributed by atoms with van der Waals surface area (Å²) in [5.41, 5.74) is 3.03. The molecule has 3 heteroatoms. The summed E-state index contributed by atoms with van der Waals surface area (Å²) in [6.07, 6.45) is 5.68. The van der Waals surface area contributed by atoms with E-state index in [2.05, 4.69) is 54.0 Å². The molecular weight excluding hydrogens is 294 g/mol. The van der Waals surface area contributed by atoms with Gasteiger partial charge in [0.25, 0.3) is 0 Å². The Labute approximate surface area is 147 Å². The van der Waals surface area contributed by atoms with E-state index >= 15 is 0 Å². The summed E-state index contributed by atoms with van der Waals surface area (Å²) in [4.78, 5) is 5.05. The molecule has 2 heterocycles. The van der Waals surface area contributed by atoms with Crippen LogP contribution in [0.25, 0.3) is 0 Å². The quantitative estimate of drug-likeness (QED) is 0.802. The van der Waals surface area contributed by atoms with E-state index in [1.165, 1.54) is 37.2 Å². The third kappa shape index (κ3) is 3.75. The summed E-state index contributed by atoms with van der Waals surface area (Å²) in [6, 6.07) is 11.6. The fraction of sp³-hybridized carbons (Fsp3) is 0.667. The molecule has 0 atom stereocenters. The van der Waals surface area contributed by atoms with Crippen LogP contribution in [0.3, 0.4) is 0 Å². The van der Waals surface area contributed by atoms with Crippen LogP contribution in [0.4, 0.5) is 5.69 Å². The zero-order chi connectivity index (χ0) is 17.0. The maximum atomic E-state index is 9.18. The second-order valence-electron chi connectivity index (χ2n) is 7.99. The Hall–Kier alpha value is -1.53. The Balaban J connectivity index is 1.55. The molecule has 0 amide bonds. The van der Waals surface area contributed by atoms with E-state index in [4.69, 9.17) is 0 Å². The molecule has 0 aliphatic carbocycles. The van der Waals surface area contributed by atoms with Crippen LogP contribution in [0, 0.1) is 22.7 Å². The van der Waals surface area contributed by atoms with Gasteiger partial charge in [-0.05, 0) is 67.8 Å². The maximum Gasteiger partial charge on any atom is 0.0627 e. The van der Waals surface area contributed by atoms with E-state index in [-0.39, 0.29) is 5.41 Å². The number of nitrogens with zero attached hydrogens (tertiary/aromatic N) is 3. The number of hydrogen-bond donors (Lipinski definition) is 0.